The van der Waals surface area contributed by atoms with Gasteiger partial charge in [-0.25, -0.2) is 4.79 Å². The molecular formula is C34H29N3O3S3. The van der Waals surface area contributed by atoms with Gasteiger partial charge in [0, 0.05) is 27.2 Å². The molecule has 3 N–H and O–H groups in total. The molecule has 1 amide bonds. The molecule has 0 aliphatic carbocycles. The number of thiophene rings is 1. The molecule has 0 saturated carbocycles. The Kier molecular flexibility index (Phi) is 9.88. The van der Waals surface area contributed by atoms with Gasteiger partial charge in [-0.05, 0) is 60.6 Å². The lowest BCUT2D eigenvalue weighted by Crippen LogP contribution is -2.20. The number of carbonyl (C=O) groups excluding carboxylic acids is 2. The van der Waals surface area contributed by atoms with Crippen LogP contribution in [0.5, 0.6) is 0 Å². The maximum absolute atomic E-state index is 13.9. The largest absolute Gasteiger partial charge is 0.465 e. The molecule has 0 aliphatic heterocycles. The highest BCUT2D eigenvalue weighted by Gasteiger charge is 2.27. The van der Waals surface area contributed by atoms with Crippen LogP contribution in [-0.4, -0.2) is 24.1 Å². The number of thiocarbonyl (C=S) groups is 1. The zero-order valence-electron chi connectivity index (χ0n) is 23.5. The third-order valence-corrected chi connectivity index (χ3v) is 8.85. The summed E-state index contributed by atoms with van der Waals surface area (Å²) in [6.45, 7) is 2.01. The predicted molar refractivity (Wildman–Crippen MR) is 182 cm³/mol. The van der Waals surface area contributed by atoms with Gasteiger partial charge in [0.05, 0.1) is 7.11 Å². The Balaban J connectivity index is 1.38. The van der Waals surface area contributed by atoms with Gasteiger partial charge in [-0.15, -0.1) is 23.1 Å². The molecule has 43 heavy (non-hydrogen) atoms. The smallest absolute Gasteiger partial charge is 0.341 e. The van der Waals surface area contributed by atoms with E-state index in [0.29, 0.717) is 15.7 Å². The van der Waals surface area contributed by atoms with E-state index in [1.807, 2.05) is 121 Å². The Morgan fingerprint density at radius 1 is 0.814 bits per heavy atom. The number of methoxy groups -OCH3 is 1. The highest BCUT2D eigenvalue weighted by Crippen LogP contribution is 2.40. The zero-order valence-corrected chi connectivity index (χ0v) is 25.9. The molecule has 1 heterocycles. The van der Waals surface area contributed by atoms with E-state index in [-0.39, 0.29) is 5.91 Å². The number of amides is 1. The second-order valence-electron chi connectivity index (χ2n) is 9.58. The molecule has 6 nitrogen and oxygen atoms in total. The van der Waals surface area contributed by atoms with E-state index in [0.717, 1.165) is 38.5 Å². The summed E-state index contributed by atoms with van der Waals surface area (Å²) in [5, 5.41) is 11.6. The van der Waals surface area contributed by atoms with Crippen LogP contribution in [0.3, 0.4) is 0 Å². The number of benzene rings is 4. The molecule has 0 spiro atoms. The van der Waals surface area contributed by atoms with Gasteiger partial charge in [-0.3, -0.25) is 4.79 Å². The second-order valence-corrected chi connectivity index (χ2v) is 12.0. The number of rotatable bonds is 9. The van der Waals surface area contributed by atoms with Crippen LogP contribution in [0.4, 0.5) is 16.4 Å². The van der Waals surface area contributed by atoms with Gasteiger partial charge >= 0.3 is 5.97 Å². The van der Waals surface area contributed by atoms with Crippen LogP contribution >= 0.6 is 35.3 Å². The average molecular weight is 624 g/mol. The van der Waals surface area contributed by atoms with E-state index in [1.165, 1.54) is 30.2 Å². The lowest BCUT2D eigenvalue weighted by atomic mass is 10.0. The quantitative estimate of drug-likeness (QED) is 0.0860. The number of hydrogen-bond donors (Lipinski definition) is 3. The molecule has 0 aliphatic rings. The number of esters is 1. The van der Waals surface area contributed by atoms with E-state index < -0.39 is 11.2 Å². The van der Waals surface area contributed by atoms with Crippen LogP contribution in [0, 0.1) is 6.92 Å². The molecule has 9 heteroatoms. The Labute approximate surface area is 264 Å². The second kappa shape index (κ2) is 14.2. The Morgan fingerprint density at radius 2 is 1.47 bits per heavy atom. The minimum Gasteiger partial charge on any atom is -0.465 e. The average Bonchev–Trinajstić information content (AvgIpc) is 3.44. The normalized spacial score (nSPS) is 11.3. The van der Waals surface area contributed by atoms with Crippen molar-refractivity contribution in [1.29, 1.82) is 0 Å². The molecule has 216 valence electrons. The minimum absolute atomic E-state index is 0.252. The minimum atomic E-state index is -0.596. The standard InChI is InChI=1S/C34H29N3O3S3/c1-22-16-18-23(19-17-22)28-21-42-32(29(28)33(39)40-2)37-31(38)30(24-10-5-3-6-11-24)43-27-15-9-14-26(20-27)36-34(41)35-25-12-7-4-8-13-25/h3-21,30H,1-2H3,(H,37,38)(H2,35,36,41). The summed E-state index contributed by atoms with van der Waals surface area (Å²) in [6, 6.07) is 34.9. The summed E-state index contributed by atoms with van der Waals surface area (Å²) in [4.78, 5) is 27.7. The van der Waals surface area contributed by atoms with Crippen LogP contribution in [0.1, 0.15) is 26.7 Å². The fraction of sp³-hybridized carbons (Fsp3) is 0.0882. The van der Waals surface area contributed by atoms with Crippen molar-refractivity contribution < 1.29 is 14.3 Å². The Morgan fingerprint density at radius 3 is 2.16 bits per heavy atom. The number of nitrogens with one attached hydrogen (secondary N) is 3. The van der Waals surface area contributed by atoms with Crippen LogP contribution < -0.4 is 16.0 Å². The van der Waals surface area contributed by atoms with Crippen LogP contribution in [-0.2, 0) is 9.53 Å². The van der Waals surface area contributed by atoms with Gasteiger partial charge in [0.25, 0.3) is 0 Å². The van der Waals surface area contributed by atoms with Gasteiger partial charge in [0.2, 0.25) is 5.91 Å². The van der Waals surface area contributed by atoms with Gasteiger partial charge in [0.15, 0.2) is 5.11 Å². The summed E-state index contributed by atoms with van der Waals surface area (Å²) in [5.41, 5.74) is 5.56. The van der Waals surface area contributed by atoms with Gasteiger partial charge in [-0.2, -0.15) is 0 Å². The van der Waals surface area contributed by atoms with Crippen molar-refractivity contribution in [2.45, 2.75) is 17.1 Å². The summed E-state index contributed by atoms with van der Waals surface area (Å²) in [7, 11) is 1.34. The van der Waals surface area contributed by atoms with Crippen molar-refractivity contribution in [3.05, 3.63) is 131 Å². The van der Waals surface area contributed by atoms with Crippen molar-refractivity contribution >= 4 is 68.7 Å². The molecule has 5 rings (SSSR count). The lowest BCUT2D eigenvalue weighted by Gasteiger charge is -2.18. The fourth-order valence-corrected chi connectivity index (χ4v) is 6.66. The van der Waals surface area contributed by atoms with Gasteiger partial charge < -0.3 is 20.7 Å². The maximum Gasteiger partial charge on any atom is 0.341 e. The number of aryl methyl sites for hydroxylation is 1. The number of anilines is 3. The SMILES string of the molecule is COC(=O)c1c(-c2ccc(C)cc2)csc1NC(=O)C(Sc1cccc(NC(=S)Nc2ccccc2)c1)c1ccccc1. The lowest BCUT2D eigenvalue weighted by molar-refractivity contribution is -0.115. The molecule has 1 aromatic heterocycles. The van der Waals surface area contributed by atoms with E-state index in [2.05, 4.69) is 16.0 Å². The maximum atomic E-state index is 13.9. The molecule has 5 aromatic rings. The first-order valence-corrected chi connectivity index (χ1v) is 15.6. The molecule has 0 saturated heterocycles. The monoisotopic (exact) mass is 623 g/mol. The molecule has 0 radical (unpaired) electrons. The van der Waals surface area contributed by atoms with Crippen molar-refractivity contribution in [2.75, 3.05) is 23.1 Å². The van der Waals surface area contributed by atoms with Crippen LogP contribution in [0.2, 0.25) is 0 Å². The molecule has 1 unspecified atom stereocenters. The van der Waals surface area contributed by atoms with E-state index in [1.54, 1.807) is 0 Å². The van der Waals surface area contributed by atoms with Gasteiger partial charge in [-0.1, -0.05) is 84.4 Å². The first-order chi connectivity index (χ1) is 20.9. The summed E-state index contributed by atoms with van der Waals surface area (Å²) in [5.74, 6) is -0.756. The molecule has 0 bridgehead atoms. The Hall–Kier alpha value is -4.44. The number of ether oxygens (including phenoxy) is 1. The van der Waals surface area contributed by atoms with E-state index >= 15 is 0 Å². The highest BCUT2D eigenvalue weighted by molar-refractivity contribution is 8.00. The van der Waals surface area contributed by atoms with E-state index in [4.69, 9.17) is 17.0 Å². The summed E-state index contributed by atoms with van der Waals surface area (Å²) < 4.78 is 5.11. The van der Waals surface area contributed by atoms with Crippen molar-refractivity contribution in [3.63, 3.8) is 0 Å². The van der Waals surface area contributed by atoms with Gasteiger partial charge in [0.1, 0.15) is 15.8 Å². The van der Waals surface area contributed by atoms with Crippen molar-refractivity contribution in [3.8, 4) is 11.1 Å². The number of carbonyl (C=O) groups is 2. The number of para-hydroxylation sites is 1. The van der Waals surface area contributed by atoms with Crippen LogP contribution in [0.15, 0.2) is 119 Å². The molecule has 0 fully saturated rings. The summed E-state index contributed by atoms with van der Waals surface area (Å²) >= 11 is 8.21. The highest BCUT2D eigenvalue weighted by atomic mass is 32.2. The number of hydrogen-bond acceptors (Lipinski definition) is 6. The third-order valence-electron chi connectivity index (χ3n) is 6.50. The third kappa shape index (κ3) is 7.70. The first kappa shape index (κ1) is 30.0. The van der Waals surface area contributed by atoms with Crippen LogP contribution in [0.25, 0.3) is 11.1 Å². The zero-order chi connectivity index (χ0) is 30.2. The fourth-order valence-electron chi connectivity index (χ4n) is 4.38. The summed E-state index contributed by atoms with van der Waals surface area (Å²) in [6.07, 6.45) is 0. The van der Waals surface area contributed by atoms with Crippen molar-refractivity contribution in [1.82, 2.24) is 0 Å². The number of thioether (sulfide) groups is 1. The molecule has 1 atom stereocenters. The van der Waals surface area contributed by atoms with E-state index in [9.17, 15) is 9.59 Å². The molecule has 4 aromatic carbocycles. The first-order valence-electron chi connectivity index (χ1n) is 13.4. The predicted octanol–water partition coefficient (Wildman–Crippen LogP) is 8.79. The Bertz CT molecular complexity index is 1720. The molecular weight excluding hydrogens is 595 g/mol. The topological polar surface area (TPSA) is 79.5 Å². The van der Waals surface area contributed by atoms with Crippen molar-refractivity contribution in [2.24, 2.45) is 0 Å².